The lowest BCUT2D eigenvalue weighted by molar-refractivity contribution is -0.142. The Morgan fingerprint density at radius 3 is 2.86 bits per heavy atom. The van der Waals surface area contributed by atoms with Crippen LogP contribution in [0.25, 0.3) is 0 Å². The average molecular weight is 212 g/mol. The largest absolute Gasteiger partial charge is 0.481 e. The van der Waals surface area contributed by atoms with Gasteiger partial charge in [0, 0.05) is 4.88 Å². The molecule has 1 rings (SSSR count). The summed E-state index contributed by atoms with van der Waals surface area (Å²) in [5.41, 5.74) is 0. The number of carboxylic acid groups (broad SMARTS) is 1. The summed E-state index contributed by atoms with van der Waals surface area (Å²) < 4.78 is 0. The Kier molecular flexibility index (Phi) is 4.66. The molecule has 1 atom stereocenters. The van der Waals surface area contributed by atoms with Crippen LogP contribution in [0.5, 0.6) is 0 Å². The van der Waals surface area contributed by atoms with Crippen molar-refractivity contribution in [3.63, 3.8) is 0 Å². The maximum Gasteiger partial charge on any atom is 0.306 e. The van der Waals surface area contributed by atoms with Gasteiger partial charge in [0.15, 0.2) is 0 Å². The van der Waals surface area contributed by atoms with Gasteiger partial charge in [0.25, 0.3) is 0 Å². The highest BCUT2D eigenvalue weighted by Gasteiger charge is 2.15. The second kappa shape index (κ2) is 5.81. The molecule has 0 radical (unpaired) electrons. The Morgan fingerprint density at radius 1 is 1.57 bits per heavy atom. The molecule has 1 aromatic rings. The molecular weight excluding hydrogens is 196 g/mol. The minimum Gasteiger partial charge on any atom is -0.481 e. The van der Waals surface area contributed by atoms with Crippen LogP contribution in [0.15, 0.2) is 17.5 Å². The quantitative estimate of drug-likeness (QED) is 0.786. The number of thiophene rings is 1. The van der Waals surface area contributed by atoms with E-state index in [2.05, 4.69) is 6.07 Å². The van der Waals surface area contributed by atoms with Crippen molar-refractivity contribution < 1.29 is 9.90 Å². The van der Waals surface area contributed by atoms with Crippen LogP contribution in [0.2, 0.25) is 0 Å². The highest BCUT2D eigenvalue weighted by Crippen LogP contribution is 2.18. The van der Waals surface area contributed by atoms with Crippen molar-refractivity contribution in [3.05, 3.63) is 22.4 Å². The summed E-state index contributed by atoms with van der Waals surface area (Å²) >= 11 is 1.70. The molecule has 0 bridgehead atoms. The van der Waals surface area contributed by atoms with Crippen LogP contribution in [0.1, 0.15) is 31.1 Å². The third kappa shape index (κ3) is 3.50. The van der Waals surface area contributed by atoms with E-state index in [1.807, 2.05) is 18.4 Å². The van der Waals surface area contributed by atoms with Gasteiger partial charge in [-0.1, -0.05) is 19.4 Å². The van der Waals surface area contributed by atoms with Gasteiger partial charge in [-0.05, 0) is 30.7 Å². The van der Waals surface area contributed by atoms with Gasteiger partial charge in [-0.25, -0.2) is 0 Å². The second-order valence-corrected chi connectivity index (χ2v) is 4.47. The van der Waals surface area contributed by atoms with E-state index in [1.165, 1.54) is 4.88 Å². The van der Waals surface area contributed by atoms with Gasteiger partial charge in [-0.3, -0.25) is 4.79 Å². The lowest BCUT2D eigenvalue weighted by Crippen LogP contribution is -2.14. The molecule has 0 amide bonds. The van der Waals surface area contributed by atoms with Gasteiger partial charge in [-0.15, -0.1) is 11.3 Å². The molecule has 0 aliphatic rings. The number of aliphatic carboxylic acids is 1. The number of carboxylic acids is 1. The summed E-state index contributed by atoms with van der Waals surface area (Å²) in [7, 11) is 0. The summed E-state index contributed by atoms with van der Waals surface area (Å²) in [6, 6.07) is 4.07. The first-order valence-corrected chi connectivity index (χ1v) is 5.87. The molecule has 1 unspecified atom stereocenters. The van der Waals surface area contributed by atoms with E-state index < -0.39 is 5.97 Å². The van der Waals surface area contributed by atoms with Gasteiger partial charge in [0.2, 0.25) is 0 Å². The van der Waals surface area contributed by atoms with Crippen molar-refractivity contribution in [1.82, 2.24) is 0 Å². The number of hydrogen-bond donors (Lipinski definition) is 1. The van der Waals surface area contributed by atoms with Crippen molar-refractivity contribution in [2.45, 2.75) is 32.6 Å². The molecule has 0 spiro atoms. The van der Waals surface area contributed by atoms with Crippen LogP contribution in [0.4, 0.5) is 0 Å². The van der Waals surface area contributed by atoms with Crippen molar-refractivity contribution in [3.8, 4) is 0 Å². The van der Waals surface area contributed by atoms with E-state index >= 15 is 0 Å². The van der Waals surface area contributed by atoms with E-state index in [-0.39, 0.29) is 5.92 Å². The SMILES string of the molecule is CCCC(CCc1cccs1)C(=O)O. The summed E-state index contributed by atoms with van der Waals surface area (Å²) in [5.74, 6) is -0.814. The monoisotopic (exact) mass is 212 g/mol. The standard InChI is InChI=1S/C11H16O2S/c1-2-4-9(11(12)13)6-7-10-5-3-8-14-10/h3,5,8-9H,2,4,6-7H2,1H3,(H,12,13). The Balaban J connectivity index is 2.37. The molecule has 0 aliphatic heterocycles. The molecular formula is C11H16O2S. The third-order valence-corrected chi connectivity index (χ3v) is 3.24. The smallest absolute Gasteiger partial charge is 0.306 e. The predicted molar refractivity (Wildman–Crippen MR) is 58.7 cm³/mol. The number of aryl methyl sites for hydroxylation is 1. The highest BCUT2D eigenvalue weighted by atomic mass is 32.1. The minimum atomic E-state index is -0.650. The van der Waals surface area contributed by atoms with Gasteiger partial charge in [0.1, 0.15) is 0 Å². The van der Waals surface area contributed by atoms with Gasteiger partial charge < -0.3 is 5.11 Å². The summed E-state index contributed by atoms with van der Waals surface area (Å²) in [6.07, 6.45) is 3.40. The van der Waals surface area contributed by atoms with Gasteiger partial charge in [-0.2, -0.15) is 0 Å². The van der Waals surface area contributed by atoms with Gasteiger partial charge >= 0.3 is 5.97 Å². The average Bonchev–Trinajstić information content (AvgIpc) is 2.64. The topological polar surface area (TPSA) is 37.3 Å². The van der Waals surface area contributed by atoms with Crippen molar-refractivity contribution in [1.29, 1.82) is 0 Å². The van der Waals surface area contributed by atoms with E-state index in [4.69, 9.17) is 5.11 Å². The second-order valence-electron chi connectivity index (χ2n) is 3.44. The molecule has 3 heteroatoms. The van der Waals surface area contributed by atoms with E-state index in [1.54, 1.807) is 11.3 Å². The summed E-state index contributed by atoms with van der Waals surface area (Å²) in [6.45, 7) is 2.03. The van der Waals surface area contributed by atoms with Gasteiger partial charge in [0.05, 0.1) is 5.92 Å². The number of rotatable bonds is 6. The predicted octanol–water partition coefficient (Wildman–Crippen LogP) is 3.18. The molecule has 0 aliphatic carbocycles. The fourth-order valence-corrected chi connectivity index (χ4v) is 2.24. The fourth-order valence-electron chi connectivity index (χ4n) is 1.51. The Bertz CT molecular complexity index is 267. The van der Waals surface area contributed by atoms with Crippen LogP contribution < -0.4 is 0 Å². The first kappa shape index (κ1) is 11.2. The zero-order valence-corrected chi connectivity index (χ0v) is 9.22. The zero-order valence-electron chi connectivity index (χ0n) is 8.40. The van der Waals surface area contributed by atoms with Crippen molar-refractivity contribution in [2.24, 2.45) is 5.92 Å². The summed E-state index contributed by atoms with van der Waals surface area (Å²) in [5, 5.41) is 11.0. The molecule has 2 nitrogen and oxygen atoms in total. The van der Waals surface area contributed by atoms with Crippen LogP contribution in [0.3, 0.4) is 0 Å². The normalized spacial score (nSPS) is 12.6. The maximum atomic E-state index is 10.9. The molecule has 0 saturated carbocycles. The molecule has 0 saturated heterocycles. The summed E-state index contributed by atoms with van der Waals surface area (Å²) in [4.78, 5) is 12.1. The molecule has 1 N–H and O–H groups in total. The van der Waals surface area contributed by atoms with Crippen molar-refractivity contribution >= 4 is 17.3 Å². The molecule has 14 heavy (non-hydrogen) atoms. The molecule has 1 aromatic heterocycles. The lowest BCUT2D eigenvalue weighted by Gasteiger charge is -2.09. The Hall–Kier alpha value is -0.830. The van der Waals surface area contributed by atoms with Crippen LogP contribution >= 0.6 is 11.3 Å². The highest BCUT2D eigenvalue weighted by molar-refractivity contribution is 7.09. The van der Waals surface area contributed by atoms with E-state index in [0.717, 1.165) is 25.7 Å². The first-order valence-electron chi connectivity index (χ1n) is 4.99. The van der Waals surface area contributed by atoms with E-state index in [9.17, 15) is 4.79 Å². The first-order chi connectivity index (χ1) is 6.74. The Morgan fingerprint density at radius 2 is 2.36 bits per heavy atom. The lowest BCUT2D eigenvalue weighted by atomic mass is 9.98. The molecule has 78 valence electrons. The van der Waals surface area contributed by atoms with Crippen LogP contribution in [0, 0.1) is 5.92 Å². The Labute approximate surface area is 88.6 Å². The third-order valence-electron chi connectivity index (χ3n) is 2.31. The maximum absolute atomic E-state index is 10.9. The zero-order chi connectivity index (χ0) is 10.4. The fraction of sp³-hybridized carbons (Fsp3) is 0.545. The number of carbonyl (C=O) groups is 1. The van der Waals surface area contributed by atoms with Crippen LogP contribution in [-0.2, 0) is 11.2 Å². The molecule has 1 heterocycles. The minimum absolute atomic E-state index is 0.165. The van der Waals surface area contributed by atoms with E-state index in [0.29, 0.717) is 0 Å². The van der Waals surface area contributed by atoms with Crippen molar-refractivity contribution in [2.75, 3.05) is 0 Å². The number of hydrogen-bond acceptors (Lipinski definition) is 2. The molecule has 0 aromatic carbocycles. The molecule has 0 fully saturated rings. The van der Waals surface area contributed by atoms with Crippen LogP contribution in [-0.4, -0.2) is 11.1 Å².